The van der Waals surface area contributed by atoms with Crippen molar-refractivity contribution in [1.29, 1.82) is 0 Å². The summed E-state index contributed by atoms with van der Waals surface area (Å²) < 4.78 is 43.5. The van der Waals surface area contributed by atoms with Gasteiger partial charge in [-0.15, -0.1) is 0 Å². The zero-order valence-corrected chi connectivity index (χ0v) is 46.0. The summed E-state index contributed by atoms with van der Waals surface area (Å²) in [7, 11) is 5.29. The first-order chi connectivity index (χ1) is 33.9. The number of carbonyl (C=O) groups excluding carboxylic acids is 2. The number of alkyl carbamates (subject to hydrolysis) is 1. The summed E-state index contributed by atoms with van der Waals surface area (Å²) in [5.74, 6) is -2.74. The van der Waals surface area contributed by atoms with E-state index in [4.69, 9.17) is 33.2 Å². The number of hydrogen-bond donors (Lipinski definition) is 7. The molecule has 18 heteroatoms. The number of unbranched alkanes of at least 4 members (excludes halogenated alkanes) is 3. The Morgan fingerprint density at radius 1 is 0.875 bits per heavy atom. The minimum atomic E-state index is -1.87. The van der Waals surface area contributed by atoms with Gasteiger partial charge in [-0.05, 0) is 132 Å². The Hall–Kier alpha value is -2.56. The van der Waals surface area contributed by atoms with Gasteiger partial charge in [0, 0.05) is 44.6 Å². The van der Waals surface area contributed by atoms with Crippen molar-refractivity contribution in [3.8, 4) is 0 Å². The molecule has 416 valence electrons. The number of cyclic esters (lactones) is 1. The standard InChI is InChI=1S/C54H96N4O14/c1-14-42-54(10,65)46(60)38(6)58(28-22-26-55-25-20-15-16-21-27-56-51(63)67-33-40-23-18-17-19-24-40)32-34(2)30-52(8,64)48(72-50-44(59)41(57(11)12)29-35(3)68-50)36(4)45(37(5)49(62)70-42)71-43-31-53(9,66-13)47(61)39(7)69-43/h17-19,23-24,34-39,41-48,50,55,59-61,64-65H,14-16,20-22,25-33H2,1-13H3,(H,56,63)/t34-,35-,36+,37-,38-,39+,41+,42-,43?,44-,45+,46+,47+,48+,50+,52?,53-,54-/m1/s1. The smallest absolute Gasteiger partial charge is 0.407 e. The van der Waals surface area contributed by atoms with Crippen LogP contribution in [-0.2, 0) is 44.6 Å². The van der Waals surface area contributed by atoms with Gasteiger partial charge >= 0.3 is 12.1 Å². The fourth-order valence-electron chi connectivity index (χ4n) is 11.1. The van der Waals surface area contributed by atoms with Crippen molar-refractivity contribution in [2.24, 2.45) is 17.8 Å². The molecule has 2 unspecified atom stereocenters. The lowest BCUT2D eigenvalue weighted by molar-refractivity contribution is -0.318. The second kappa shape index (κ2) is 28.5. The molecule has 7 N–H and O–H groups in total. The third-order valence-corrected chi connectivity index (χ3v) is 15.6. The molecule has 4 rings (SSSR count). The van der Waals surface area contributed by atoms with E-state index < -0.39 is 102 Å². The van der Waals surface area contributed by atoms with E-state index in [-0.39, 0.29) is 43.9 Å². The summed E-state index contributed by atoms with van der Waals surface area (Å²) in [6.07, 6.45) is -4.58. The molecule has 1 aromatic rings. The fourth-order valence-corrected chi connectivity index (χ4v) is 11.1. The lowest BCUT2D eigenvalue weighted by atomic mass is 9.77. The topological polar surface area (TPSA) is 230 Å². The highest BCUT2D eigenvalue weighted by molar-refractivity contribution is 5.73. The number of aliphatic hydroxyl groups excluding tert-OH is 3. The number of esters is 1. The maximum Gasteiger partial charge on any atom is 0.407 e. The summed E-state index contributed by atoms with van der Waals surface area (Å²) in [6, 6.07) is 8.67. The van der Waals surface area contributed by atoms with Gasteiger partial charge in [0.15, 0.2) is 12.6 Å². The second-order valence-electron chi connectivity index (χ2n) is 22.2. The highest BCUT2D eigenvalue weighted by atomic mass is 16.7. The van der Waals surface area contributed by atoms with Crippen LogP contribution in [0.25, 0.3) is 0 Å². The predicted molar refractivity (Wildman–Crippen MR) is 274 cm³/mol. The monoisotopic (exact) mass is 1020 g/mol. The van der Waals surface area contributed by atoms with Gasteiger partial charge in [0.25, 0.3) is 0 Å². The van der Waals surface area contributed by atoms with Gasteiger partial charge < -0.3 is 74.2 Å². The van der Waals surface area contributed by atoms with Crippen LogP contribution in [0, 0.1) is 17.8 Å². The Bertz CT molecular complexity index is 1750. The normalized spacial score (nSPS) is 38.9. The highest BCUT2D eigenvalue weighted by Crippen LogP contribution is 2.40. The van der Waals surface area contributed by atoms with E-state index in [1.165, 1.54) is 14.0 Å². The van der Waals surface area contributed by atoms with Gasteiger partial charge in [-0.1, -0.05) is 63.9 Å². The van der Waals surface area contributed by atoms with Crippen LogP contribution >= 0.6 is 0 Å². The van der Waals surface area contributed by atoms with E-state index in [1.807, 2.05) is 77.0 Å². The van der Waals surface area contributed by atoms with E-state index in [0.717, 1.165) is 44.2 Å². The van der Waals surface area contributed by atoms with E-state index >= 15 is 0 Å². The molecule has 0 bridgehead atoms. The molecule has 72 heavy (non-hydrogen) atoms. The van der Waals surface area contributed by atoms with Crippen molar-refractivity contribution in [3.63, 3.8) is 0 Å². The van der Waals surface area contributed by atoms with Gasteiger partial charge in [-0.25, -0.2) is 4.79 Å². The molecule has 3 saturated heterocycles. The number of nitrogens with zero attached hydrogens (tertiary/aromatic N) is 2. The summed E-state index contributed by atoms with van der Waals surface area (Å²) in [4.78, 5) is 30.7. The Morgan fingerprint density at radius 2 is 1.53 bits per heavy atom. The predicted octanol–water partition coefficient (Wildman–Crippen LogP) is 4.74. The molecule has 0 aliphatic carbocycles. The second-order valence-corrected chi connectivity index (χ2v) is 22.2. The molecule has 3 aliphatic heterocycles. The molecule has 18 atom stereocenters. The summed E-state index contributed by atoms with van der Waals surface area (Å²) in [5.41, 5.74) is -3.59. The van der Waals surface area contributed by atoms with Crippen molar-refractivity contribution < 1.29 is 68.3 Å². The molecule has 3 heterocycles. The van der Waals surface area contributed by atoms with Crippen LogP contribution in [0.15, 0.2) is 30.3 Å². The van der Waals surface area contributed by atoms with Crippen molar-refractivity contribution >= 4 is 12.1 Å². The van der Waals surface area contributed by atoms with Gasteiger partial charge in [0.05, 0.1) is 41.5 Å². The molecular formula is C54H96N4O14. The van der Waals surface area contributed by atoms with Crippen molar-refractivity contribution in [2.45, 2.75) is 224 Å². The number of carbonyl (C=O) groups is 2. The zero-order valence-electron chi connectivity index (χ0n) is 46.0. The van der Waals surface area contributed by atoms with Crippen LogP contribution < -0.4 is 10.6 Å². The summed E-state index contributed by atoms with van der Waals surface area (Å²) >= 11 is 0. The Morgan fingerprint density at radius 3 is 2.17 bits per heavy atom. The first kappa shape index (κ1) is 62.0. The molecule has 0 spiro atoms. The third-order valence-electron chi connectivity index (χ3n) is 15.6. The Kier molecular flexibility index (Phi) is 24.6. The molecule has 18 nitrogen and oxygen atoms in total. The van der Waals surface area contributed by atoms with Crippen LogP contribution in [0.5, 0.6) is 0 Å². The van der Waals surface area contributed by atoms with Gasteiger partial charge in [0.1, 0.15) is 36.6 Å². The first-order valence-corrected chi connectivity index (χ1v) is 26.8. The summed E-state index contributed by atoms with van der Waals surface area (Å²) in [5, 5.41) is 66.4. The Balaban J connectivity index is 1.53. The van der Waals surface area contributed by atoms with Crippen LogP contribution in [0.3, 0.4) is 0 Å². The number of aliphatic hydroxyl groups is 5. The van der Waals surface area contributed by atoms with Crippen molar-refractivity contribution in [3.05, 3.63) is 35.9 Å². The maximum atomic E-state index is 14.6. The molecule has 1 amide bonds. The number of methoxy groups -OCH3 is 1. The highest BCUT2D eigenvalue weighted by Gasteiger charge is 2.53. The molecule has 0 aromatic heterocycles. The third kappa shape index (κ3) is 17.2. The maximum absolute atomic E-state index is 14.6. The molecule has 1 aromatic carbocycles. The fraction of sp³-hybridized carbons (Fsp3) is 0.852. The van der Waals surface area contributed by atoms with E-state index in [0.29, 0.717) is 32.6 Å². The largest absolute Gasteiger partial charge is 0.459 e. The number of hydrogen-bond acceptors (Lipinski definition) is 17. The van der Waals surface area contributed by atoms with Crippen LogP contribution in [0.1, 0.15) is 133 Å². The van der Waals surface area contributed by atoms with E-state index in [1.54, 1.807) is 34.6 Å². The lowest BCUT2D eigenvalue weighted by Crippen LogP contribution is -2.60. The average Bonchev–Trinajstić information content (AvgIpc) is 3.33. The summed E-state index contributed by atoms with van der Waals surface area (Å²) in [6.45, 7) is 21.1. The van der Waals surface area contributed by atoms with Crippen LogP contribution in [0.4, 0.5) is 4.79 Å². The number of benzene rings is 1. The lowest BCUT2D eigenvalue weighted by Gasteiger charge is -2.48. The van der Waals surface area contributed by atoms with Crippen molar-refractivity contribution in [2.75, 3.05) is 53.9 Å². The quantitative estimate of drug-likeness (QED) is 0.0691. The number of amides is 1. The van der Waals surface area contributed by atoms with E-state index in [2.05, 4.69) is 15.5 Å². The number of ether oxygens (including phenoxy) is 7. The molecule has 3 fully saturated rings. The van der Waals surface area contributed by atoms with Crippen LogP contribution in [0.2, 0.25) is 0 Å². The van der Waals surface area contributed by atoms with Crippen molar-refractivity contribution in [1.82, 2.24) is 20.4 Å². The zero-order chi connectivity index (χ0) is 53.6. The van der Waals surface area contributed by atoms with E-state index in [9.17, 15) is 35.1 Å². The minimum Gasteiger partial charge on any atom is -0.459 e. The van der Waals surface area contributed by atoms with Gasteiger partial charge in [0.2, 0.25) is 0 Å². The van der Waals surface area contributed by atoms with Gasteiger partial charge in [-0.2, -0.15) is 0 Å². The number of likely N-dealkylation sites (N-methyl/N-ethyl adjacent to an activating group) is 1. The molecule has 0 saturated carbocycles. The Labute approximate surface area is 431 Å². The first-order valence-electron chi connectivity index (χ1n) is 26.8. The SMILES string of the molecule is CC[C@H]1OC(=O)[C@H](C)[C@@H](OC2C[C@@](C)(OC)[C@@H](O)[C@H](C)O2)[C@H](C)[C@H](O[C@@H]2O[C@H](C)C[C@H](N(C)C)[C@H]2O)C(C)(O)C[C@@H](C)CN(CCCNCCCCCCNC(=O)OCc2ccccc2)[C@H](C)[C@H](O)[C@]1(C)O. The number of rotatable bonds is 20. The molecular weight excluding hydrogens is 929 g/mol. The molecule has 3 aliphatic rings. The van der Waals surface area contributed by atoms with Gasteiger partial charge in [-0.3, -0.25) is 9.69 Å². The molecule has 0 radical (unpaired) electrons. The van der Waals surface area contributed by atoms with Crippen LogP contribution in [-0.4, -0.2) is 192 Å². The number of nitrogens with one attached hydrogen (secondary N) is 2. The minimum absolute atomic E-state index is 0.113. The average molecular weight is 1030 g/mol.